The van der Waals surface area contributed by atoms with Crippen molar-refractivity contribution in [3.05, 3.63) is 0 Å². The van der Waals surface area contributed by atoms with Crippen LogP contribution in [-0.2, 0) is 0 Å². The third-order valence-electron chi connectivity index (χ3n) is 9.48. The van der Waals surface area contributed by atoms with Crippen molar-refractivity contribution in [3.63, 3.8) is 0 Å². The van der Waals surface area contributed by atoms with Gasteiger partial charge >= 0.3 is 0 Å². The first-order valence-corrected chi connectivity index (χ1v) is 14.3. The van der Waals surface area contributed by atoms with Crippen molar-refractivity contribution in [1.29, 1.82) is 0 Å². The van der Waals surface area contributed by atoms with Crippen LogP contribution in [0.3, 0.4) is 0 Å². The quantitative estimate of drug-likeness (QED) is 0.239. The summed E-state index contributed by atoms with van der Waals surface area (Å²) in [6.07, 6.45) is 32.0. The molecule has 170 valence electrons. The molecule has 3 rings (SSSR count). The standard InChI is InChI=1S/C29H54/c1-3-5-7-9-11-13-17-24(18-14-12-10-8-6-4-2)29-23-25-19-15-20-26(25)27-21-16-22-28(27)29/h24-29H,3-23H2,1-2H3/t25-,26-,27+,28-,29+/m0/s1. The van der Waals surface area contributed by atoms with Crippen molar-refractivity contribution in [3.8, 4) is 0 Å². The molecule has 0 radical (unpaired) electrons. The Balaban J connectivity index is 1.51. The molecule has 0 unspecified atom stereocenters. The molecule has 3 aliphatic carbocycles. The molecular weight excluding hydrogens is 348 g/mol. The number of rotatable bonds is 15. The van der Waals surface area contributed by atoms with Crippen LogP contribution in [0.25, 0.3) is 0 Å². The van der Waals surface area contributed by atoms with Gasteiger partial charge in [-0.3, -0.25) is 0 Å². The molecule has 0 heterocycles. The normalized spacial score (nSPS) is 31.3. The Bertz CT molecular complexity index is 396. The van der Waals surface area contributed by atoms with Crippen molar-refractivity contribution < 1.29 is 0 Å². The monoisotopic (exact) mass is 402 g/mol. The predicted octanol–water partition coefficient (Wildman–Crippen LogP) is 9.96. The highest BCUT2D eigenvalue weighted by atomic mass is 14.5. The van der Waals surface area contributed by atoms with Gasteiger partial charge in [0.1, 0.15) is 0 Å². The Hall–Kier alpha value is 0. The van der Waals surface area contributed by atoms with Gasteiger partial charge in [0.2, 0.25) is 0 Å². The summed E-state index contributed by atoms with van der Waals surface area (Å²) in [6, 6.07) is 0. The van der Waals surface area contributed by atoms with Gasteiger partial charge in [-0.1, -0.05) is 123 Å². The van der Waals surface area contributed by atoms with Crippen LogP contribution in [0.2, 0.25) is 0 Å². The first-order chi connectivity index (χ1) is 14.3. The first-order valence-electron chi connectivity index (χ1n) is 14.3. The zero-order chi connectivity index (χ0) is 20.3. The van der Waals surface area contributed by atoms with Gasteiger partial charge in [0.15, 0.2) is 0 Å². The van der Waals surface area contributed by atoms with Crippen molar-refractivity contribution >= 4 is 0 Å². The van der Waals surface area contributed by atoms with Crippen molar-refractivity contribution in [2.24, 2.45) is 35.5 Å². The molecule has 3 saturated carbocycles. The van der Waals surface area contributed by atoms with Gasteiger partial charge < -0.3 is 0 Å². The van der Waals surface area contributed by atoms with Crippen molar-refractivity contribution in [1.82, 2.24) is 0 Å². The van der Waals surface area contributed by atoms with E-state index in [-0.39, 0.29) is 0 Å². The van der Waals surface area contributed by atoms with E-state index in [9.17, 15) is 0 Å². The highest BCUT2D eigenvalue weighted by Gasteiger charge is 2.49. The van der Waals surface area contributed by atoms with Gasteiger partial charge in [-0.25, -0.2) is 0 Å². The van der Waals surface area contributed by atoms with Crippen LogP contribution in [0.5, 0.6) is 0 Å². The largest absolute Gasteiger partial charge is 0.0654 e. The fraction of sp³-hybridized carbons (Fsp3) is 1.00. The Morgan fingerprint density at radius 2 is 1.07 bits per heavy atom. The second kappa shape index (κ2) is 13.4. The Morgan fingerprint density at radius 3 is 1.72 bits per heavy atom. The Morgan fingerprint density at radius 1 is 0.552 bits per heavy atom. The lowest BCUT2D eigenvalue weighted by Gasteiger charge is -2.46. The van der Waals surface area contributed by atoms with E-state index < -0.39 is 0 Å². The highest BCUT2D eigenvalue weighted by molar-refractivity contribution is 4.99. The van der Waals surface area contributed by atoms with Gasteiger partial charge in [0, 0.05) is 0 Å². The molecule has 0 heteroatoms. The summed E-state index contributed by atoms with van der Waals surface area (Å²) < 4.78 is 0. The van der Waals surface area contributed by atoms with Crippen LogP contribution >= 0.6 is 0 Å². The Labute approximate surface area is 184 Å². The van der Waals surface area contributed by atoms with E-state index in [1.807, 2.05) is 0 Å². The molecule has 0 aromatic rings. The SMILES string of the molecule is CCCCCCCCC(CCCCCCCC)[C@H]1C[C@@H]2CCC[C@@H]2[C@H]2CCC[C@@H]21. The lowest BCUT2D eigenvalue weighted by atomic mass is 9.60. The average Bonchev–Trinajstić information content (AvgIpc) is 3.39. The summed E-state index contributed by atoms with van der Waals surface area (Å²) in [5.74, 6) is 6.78. The van der Waals surface area contributed by atoms with E-state index >= 15 is 0 Å². The molecule has 0 spiro atoms. The van der Waals surface area contributed by atoms with Crippen molar-refractivity contribution in [2.75, 3.05) is 0 Å². The lowest BCUT2D eigenvalue weighted by Crippen LogP contribution is -2.38. The summed E-state index contributed by atoms with van der Waals surface area (Å²) in [5, 5.41) is 0. The molecule has 29 heavy (non-hydrogen) atoms. The molecule has 3 fully saturated rings. The first kappa shape index (κ1) is 23.7. The molecule has 0 saturated heterocycles. The van der Waals surface area contributed by atoms with Gasteiger partial charge in [-0.15, -0.1) is 0 Å². The summed E-state index contributed by atoms with van der Waals surface area (Å²) in [4.78, 5) is 0. The van der Waals surface area contributed by atoms with Crippen molar-refractivity contribution in [2.45, 2.75) is 149 Å². The molecule has 0 aliphatic heterocycles. The molecular formula is C29H54. The molecule has 0 nitrogen and oxygen atoms in total. The van der Waals surface area contributed by atoms with Gasteiger partial charge in [-0.05, 0) is 61.2 Å². The molecule has 0 bridgehead atoms. The van der Waals surface area contributed by atoms with Gasteiger partial charge in [-0.2, -0.15) is 0 Å². The maximum Gasteiger partial charge on any atom is -0.0352 e. The summed E-state index contributed by atoms with van der Waals surface area (Å²) in [5.41, 5.74) is 0. The minimum atomic E-state index is 1.08. The minimum Gasteiger partial charge on any atom is -0.0654 e. The second-order valence-corrected chi connectivity index (χ2v) is 11.4. The third kappa shape index (κ3) is 7.00. The number of hydrogen-bond donors (Lipinski definition) is 0. The van der Waals surface area contributed by atoms with E-state index in [0.717, 1.165) is 35.5 Å². The van der Waals surface area contributed by atoms with E-state index in [1.54, 1.807) is 57.8 Å². The third-order valence-corrected chi connectivity index (χ3v) is 9.48. The maximum absolute atomic E-state index is 2.34. The molecule has 3 aliphatic rings. The molecule has 0 N–H and O–H groups in total. The summed E-state index contributed by atoms with van der Waals surface area (Å²) in [7, 11) is 0. The zero-order valence-electron chi connectivity index (χ0n) is 20.3. The van der Waals surface area contributed by atoms with Crippen LogP contribution in [0.15, 0.2) is 0 Å². The van der Waals surface area contributed by atoms with Crippen LogP contribution in [0, 0.1) is 35.5 Å². The average molecular weight is 403 g/mol. The van der Waals surface area contributed by atoms with Crippen LogP contribution in [0.4, 0.5) is 0 Å². The topological polar surface area (TPSA) is 0 Å². The van der Waals surface area contributed by atoms with E-state index in [2.05, 4.69) is 13.8 Å². The minimum absolute atomic E-state index is 1.08. The van der Waals surface area contributed by atoms with Gasteiger partial charge in [0.25, 0.3) is 0 Å². The van der Waals surface area contributed by atoms with Crippen LogP contribution in [-0.4, -0.2) is 0 Å². The van der Waals surface area contributed by atoms with E-state index in [1.165, 1.54) is 77.0 Å². The van der Waals surface area contributed by atoms with Crippen LogP contribution in [0.1, 0.15) is 149 Å². The summed E-state index contributed by atoms with van der Waals surface area (Å²) in [6.45, 7) is 4.68. The predicted molar refractivity (Wildman–Crippen MR) is 129 cm³/mol. The number of hydrogen-bond acceptors (Lipinski definition) is 0. The second-order valence-electron chi connectivity index (χ2n) is 11.4. The molecule has 0 amide bonds. The molecule has 5 atom stereocenters. The van der Waals surface area contributed by atoms with Crippen LogP contribution < -0.4 is 0 Å². The number of unbranched alkanes of at least 4 members (excludes halogenated alkanes) is 10. The number of fused-ring (bicyclic) bond motifs is 3. The Kier molecular flexibility index (Phi) is 10.9. The summed E-state index contributed by atoms with van der Waals surface area (Å²) >= 11 is 0. The molecule has 0 aromatic carbocycles. The fourth-order valence-corrected chi connectivity index (χ4v) is 8.02. The fourth-order valence-electron chi connectivity index (χ4n) is 8.02. The smallest absolute Gasteiger partial charge is 0.0352 e. The maximum atomic E-state index is 2.34. The molecule has 0 aromatic heterocycles. The lowest BCUT2D eigenvalue weighted by molar-refractivity contribution is 0.0340. The highest BCUT2D eigenvalue weighted by Crippen LogP contribution is 2.58. The zero-order valence-corrected chi connectivity index (χ0v) is 20.3. The van der Waals surface area contributed by atoms with E-state index in [4.69, 9.17) is 0 Å². The van der Waals surface area contributed by atoms with Gasteiger partial charge in [0.05, 0.1) is 0 Å². The van der Waals surface area contributed by atoms with E-state index in [0.29, 0.717) is 0 Å².